The SMILES string of the molecule is NNC(=O)C1CCC(CN2COCC=CC2O)CC1. The van der Waals surface area contributed by atoms with Crippen molar-refractivity contribution < 1.29 is 14.6 Å². The van der Waals surface area contributed by atoms with E-state index >= 15 is 0 Å². The Kier molecular flexibility index (Phi) is 5.33. The Hall–Kier alpha value is -0.950. The number of nitrogens with one attached hydrogen (secondary N) is 1. The van der Waals surface area contributed by atoms with E-state index in [0.717, 1.165) is 32.2 Å². The molecule has 0 spiro atoms. The first-order valence-electron chi connectivity index (χ1n) is 6.87. The molecule has 0 saturated heterocycles. The zero-order valence-corrected chi connectivity index (χ0v) is 11.1. The van der Waals surface area contributed by atoms with Gasteiger partial charge in [0.1, 0.15) is 13.0 Å². The van der Waals surface area contributed by atoms with E-state index in [2.05, 4.69) is 5.43 Å². The average Bonchev–Trinajstić information content (AvgIpc) is 2.64. The van der Waals surface area contributed by atoms with Crippen LogP contribution in [0.3, 0.4) is 0 Å². The summed E-state index contributed by atoms with van der Waals surface area (Å²) in [5.41, 5.74) is 2.23. The summed E-state index contributed by atoms with van der Waals surface area (Å²) < 4.78 is 5.39. The van der Waals surface area contributed by atoms with Crippen LogP contribution in [0.5, 0.6) is 0 Å². The number of aliphatic hydroxyl groups is 1. The molecule has 1 heterocycles. The Morgan fingerprint density at radius 3 is 2.84 bits per heavy atom. The van der Waals surface area contributed by atoms with Crippen LogP contribution in [0, 0.1) is 11.8 Å². The Bertz CT molecular complexity index is 327. The molecule has 1 saturated carbocycles. The number of carbonyl (C=O) groups is 1. The largest absolute Gasteiger partial charge is 0.375 e. The molecule has 6 heteroatoms. The Labute approximate surface area is 113 Å². The normalized spacial score (nSPS) is 32.8. The maximum atomic E-state index is 11.4. The highest BCUT2D eigenvalue weighted by molar-refractivity contribution is 5.77. The molecule has 19 heavy (non-hydrogen) atoms. The third kappa shape index (κ3) is 4.01. The lowest BCUT2D eigenvalue weighted by atomic mass is 9.81. The number of aliphatic hydroxyl groups excluding tert-OH is 1. The molecule has 0 aromatic rings. The van der Waals surface area contributed by atoms with Crippen molar-refractivity contribution in [3.8, 4) is 0 Å². The second-order valence-electron chi connectivity index (χ2n) is 5.34. The van der Waals surface area contributed by atoms with Crippen molar-refractivity contribution in [3.05, 3.63) is 12.2 Å². The molecule has 1 aliphatic carbocycles. The maximum absolute atomic E-state index is 11.4. The molecular weight excluding hydrogens is 246 g/mol. The molecule has 2 aliphatic rings. The van der Waals surface area contributed by atoms with Crippen LogP contribution in [-0.4, -0.2) is 42.0 Å². The van der Waals surface area contributed by atoms with E-state index in [1.54, 1.807) is 6.08 Å². The number of hydrazine groups is 1. The van der Waals surface area contributed by atoms with Crippen molar-refractivity contribution in [1.82, 2.24) is 10.3 Å². The Balaban J connectivity index is 1.78. The van der Waals surface area contributed by atoms with Gasteiger partial charge in [-0.1, -0.05) is 6.08 Å². The van der Waals surface area contributed by atoms with E-state index in [4.69, 9.17) is 10.6 Å². The van der Waals surface area contributed by atoms with Crippen LogP contribution in [0.2, 0.25) is 0 Å². The highest BCUT2D eigenvalue weighted by Crippen LogP contribution is 2.29. The highest BCUT2D eigenvalue weighted by Gasteiger charge is 2.28. The van der Waals surface area contributed by atoms with E-state index in [1.165, 1.54) is 0 Å². The Morgan fingerprint density at radius 2 is 2.16 bits per heavy atom. The molecule has 1 aliphatic heterocycles. The molecular formula is C13H23N3O3. The first-order chi connectivity index (χ1) is 9.20. The quantitative estimate of drug-likeness (QED) is 0.289. The van der Waals surface area contributed by atoms with Crippen molar-refractivity contribution >= 4 is 5.91 Å². The second-order valence-corrected chi connectivity index (χ2v) is 5.34. The fourth-order valence-electron chi connectivity index (χ4n) is 2.83. The topological polar surface area (TPSA) is 87.8 Å². The smallest absolute Gasteiger partial charge is 0.236 e. The van der Waals surface area contributed by atoms with Gasteiger partial charge in [-0.3, -0.25) is 15.1 Å². The van der Waals surface area contributed by atoms with Gasteiger partial charge in [-0.15, -0.1) is 0 Å². The van der Waals surface area contributed by atoms with Gasteiger partial charge in [-0.05, 0) is 37.7 Å². The molecule has 1 fully saturated rings. The summed E-state index contributed by atoms with van der Waals surface area (Å²) in [5.74, 6) is 5.66. The molecule has 4 N–H and O–H groups in total. The van der Waals surface area contributed by atoms with Crippen molar-refractivity contribution in [2.45, 2.75) is 31.9 Å². The van der Waals surface area contributed by atoms with Crippen molar-refractivity contribution in [1.29, 1.82) is 0 Å². The molecule has 0 bridgehead atoms. The van der Waals surface area contributed by atoms with Crippen LogP contribution in [0.4, 0.5) is 0 Å². The first-order valence-corrected chi connectivity index (χ1v) is 6.87. The number of hydrogen-bond donors (Lipinski definition) is 3. The number of carbonyl (C=O) groups excluding carboxylic acids is 1. The van der Waals surface area contributed by atoms with Gasteiger partial charge in [0.2, 0.25) is 5.91 Å². The van der Waals surface area contributed by atoms with E-state index in [0.29, 0.717) is 19.3 Å². The zero-order valence-electron chi connectivity index (χ0n) is 11.1. The molecule has 0 radical (unpaired) electrons. The van der Waals surface area contributed by atoms with Crippen molar-refractivity contribution in [2.75, 3.05) is 19.9 Å². The van der Waals surface area contributed by atoms with E-state index < -0.39 is 6.23 Å². The lowest BCUT2D eigenvalue weighted by Crippen LogP contribution is -2.41. The highest BCUT2D eigenvalue weighted by atomic mass is 16.5. The average molecular weight is 269 g/mol. The second kappa shape index (κ2) is 7.00. The van der Waals surface area contributed by atoms with E-state index in [-0.39, 0.29) is 11.8 Å². The number of hydrogen-bond acceptors (Lipinski definition) is 5. The van der Waals surface area contributed by atoms with Gasteiger partial charge >= 0.3 is 0 Å². The van der Waals surface area contributed by atoms with Gasteiger partial charge in [0.25, 0.3) is 0 Å². The molecule has 1 atom stereocenters. The third-order valence-corrected chi connectivity index (χ3v) is 4.01. The fraction of sp³-hybridized carbons (Fsp3) is 0.769. The summed E-state index contributed by atoms with van der Waals surface area (Å²) in [6.07, 6.45) is 6.76. The standard InChI is InChI=1S/C13H23N3O3/c14-15-13(18)11-5-3-10(4-6-11)8-16-9-19-7-1-2-12(16)17/h1-2,10-12,17H,3-9,14H2,(H,15,18). The van der Waals surface area contributed by atoms with Gasteiger partial charge in [0.05, 0.1) is 6.61 Å². The molecule has 6 nitrogen and oxygen atoms in total. The van der Waals surface area contributed by atoms with Gasteiger partial charge in [0, 0.05) is 12.5 Å². The van der Waals surface area contributed by atoms with E-state index in [9.17, 15) is 9.90 Å². The summed E-state index contributed by atoms with van der Waals surface area (Å²) >= 11 is 0. The van der Waals surface area contributed by atoms with Crippen LogP contribution in [-0.2, 0) is 9.53 Å². The first kappa shape index (κ1) is 14.5. The predicted octanol–water partition coefficient (Wildman–Crippen LogP) is -0.0530. The number of rotatable bonds is 3. The maximum Gasteiger partial charge on any atom is 0.236 e. The van der Waals surface area contributed by atoms with Crippen molar-refractivity contribution in [2.24, 2.45) is 17.7 Å². The van der Waals surface area contributed by atoms with Gasteiger partial charge < -0.3 is 9.84 Å². The predicted molar refractivity (Wildman–Crippen MR) is 70.4 cm³/mol. The Morgan fingerprint density at radius 1 is 1.42 bits per heavy atom. The summed E-state index contributed by atoms with van der Waals surface area (Å²) in [6.45, 7) is 1.82. The van der Waals surface area contributed by atoms with E-state index in [1.807, 2.05) is 11.0 Å². The van der Waals surface area contributed by atoms with Gasteiger partial charge in [-0.25, -0.2) is 5.84 Å². The minimum atomic E-state index is -0.562. The summed E-state index contributed by atoms with van der Waals surface area (Å²) in [5, 5.41) is 9.94. The monoisotopic (exact) mass is 269 g/mol. The van der Waals surface area contributed by atoms with Crippen LogP contribution in [0.25, 0.3) is 0 Å². The molecule has 1 unspecified atom stereocenters. The summed E-state index contributed by atoms with van der Waals surface area (Å²) in [6, 6.07) is 0. The molecule has 0 aromatic carbocycles. The molecule has 108 valence electrons. The number of ether oxygens (including phenoxy) is 1. The number of nitrogens with two attached hydrogens (primary N) is 1. The molecule has 1 amide bonds. The van der Waals surface area contributed by atoms with Crippen LogP contribution < -0.4 is 11.3 Å². The summed E-state index contributed by atoms with van der Waals surface area (Å²) in [4.78, 5) is 13.4. The zero-order chi connectivity index (χ0) is 13.7. The molecule has 0 aromatic heterocycles. The fourth-order valence-corrected chi connectivity index (χ4v) is 2.83. The minimum absolute atomic E-state index is 0.0476. The molecule has 2 rings (SSSR count). The van der Waals surface area contributed by atoms with Gasteiger partial charge in [0.15, 0.2) is 0 Å². The van der Waals surface area contributed by atoms with Crippen LogP contribution in [0.15, 0.2) is 12.2 Å². The van der Waals surface area contributed by atoms with Crippen LogP contribution >= 0.6 is 0 Å². The lowest BCUT2D eigenvalue weighted by molar-refractivity contribution is -0.126. The van der Waals surface area contributed by atoms with Gasteiger partial charge in [-0.2, -0.15) is 0 Å². The lowest BCUT2D eigenvalue weighted by Gasteiger charge is -2.32. The number of nitrogens with zero attached hydrogens (tertiary/aromatic N) is 1. The third-order valence-electron chi connectivity index (χ3n) is 4.01. The minimum Gasteiger partial charge on any atom is -0.375 e. The number of amides is 1. The summed E-state index contributed by atoms with van der Waals surface area (Å²) in [7, 11) is 0. The van der Waals surface area contributed by atoms with Crippen LogP contribution in [0.1, 0.15) is 25.7 Å². The van der Waals surface area contributed by atoms with Crippen molar-refractivity contribution in [3.63, 3.8) is 0 Å².